The maximum absolute atomic E-state index is 14.1. The fourth-order valence-electron chi connectivity index (χ4n) is 3.15. The van der Waals surface area contributed by atoms with Crippen LogP contribution in [0.3, 0.4) is 0 Å². The predicted molar refractivity (Wildman–Crippen MR) is 86.9 cm³/mol. The van der Waals surface area contributed by atoms with Crippen LogP contribution in [-0.4, -0.2) is 28.3 Å². The monoisotopic (exact) mass is 382 g/mol. The van der Waals surface area contributed by atoms with Gasteiger partial charge < -0.3 is 5.21 Å². The number of rotatable bonds is 3. The molecule has 3 nitrogen and oxygen atoms in total. The lowest BCUT2D eigenvalue weighted by Crippen LogP contribution is -2.32. The number of nitrogens with zero attached hydrogens (tertiary/aromatic N) is 2. The van der Waals surface area contributed by atoms with Crippen LogP contribution in [0.25, 0.3) is 0 Å². The summed E-state index contributed by atoms with van der Waals surface area (Å²) >= 11 is 3.42. The molecule has 0 amide bonds. The van der Waals surface area contributed by atoms with E-state index in [0.717, 1.165) is 10.0 Å². The van der Waals surface area contributed by atoms with E-state index in [1.54, 1.807) is 6.92 Å². The van der Waals surface area contributed by atoms with Crippen LogP contribution >= 0.6 is 15.9 Å². The number of halogens is 3. The number of hydrogen-bond acceptors (Lipinski definition) is 3. The molecule has 1 N–H and O–H groups in total. The molecule has 23 heavy (non-hydrogen) atoms. The Morgan fingerprint density at radius 3 is 2.43 bits per heavy atom. The van der Waals surface area contributed by atoms with Gasteiger partial charge in [-0.25, -0.2) is 8.78 Å². The summed E-state index contributed by atoms with van der Waals surface area (Å²) in [7, 11) is 0. The molecular formula is C17H17BrF2N2O. The van der Waals surface area contributed by atoms with E-state index in [1.807, 2.05) is 29.2 Å². The summed E-state index contributed by atoms with van der Waals surface area (Å²) < 4.78 is 29.1. The SMILES string of the molecule is CC(c1c(F)cccc1F)N1CCN(O)C1c1cccc(Br)c1. The third-order valence-corrected chi connectivity index (χ3v) is 4.74. The Hall–Kier alpha value is -1.34. The second-order valence-corrected chi connectivity index (χ2v) is 6.56. The van der Waals surface area contributed by atoms with Crippen molar-refractivity contribution < 1.29 is 14.0 Å². The van der Waals surface area contributed by atoms with E-state index in [2.05, 4.69) is 15.9 Å². The lowest BCUT2D eigenvalue weighted by Gasteiger charge is -2.32. The molecule has 0 aromatic heterocycles. The minimum absolute atomic E-state index is 0.0304. The summed E-state index contributed by atoms with van der Waals surface area (Å²) in [5.74, 6) is -1.14. The molecule has 2 aromatic carbocycles. The Morgan fingerprint density at radius 2 is 1.78 bits per heavy atom. The molecule has 122 valence electrons. The van der Waals surface area contributed by atoms with Crippen LogP contribution in [0, 0.1) is 11.6 Å². The Labute approximate surface area is 142 Å². The van der Waals surface area contributed by atoms with E-state index in [1.165, 1.54) is 23.3 Å². The first-order valence-electron chi connectivity index (χ1n) is 7.39. The highest BCUT2D eigenvalue weighted by molar-refractivity contribution is 9.10. The van der Waals surface area contributed by atoms with Gasteiger partial charge in [-0.1, -0.05) is 34.1 Å². The van der Waals surface area contributed by atoms with E-state index in [-0.39, 0.29) is 5.56 Å². The highest BCUT2D eigenvalue weighted by Crippen LogP contribution is 2.37. The molecular weight excluding hydrogens is 366 g/mol. The molecule has 0 aliphatic carbocycles. The van der Waals surface area contributed by atoms with Gasteiger partial charge in [-0.3, -0.25) is 4.90 Å². The molecule has 0 spiro atoms. The van der Waals surface area contributed by atoms with E-state index in [4.69, 9.17) is 0 Å². The van der Waals surface area contributed by atoms with Gasteiger partial charge in [0.05, 0.1) is 0 Å². The zero-order valence-corrected chi connectivity index (χ0v) is 14.2. The quantitative estimate of drug-likeness (QED) is 0.846. The summed E-state index contributed by atoms with van der Waals surface area (Å²) in [6.07, 6.45) is -0.443. The van der Waals surface area contributed by atoms with Gasteiger partial charge in [0.1, 0.15) is 17.8 Å². The largest absolute Gasteiger partial charge is 0.312 e. The molecule has 0 saturated carbocycles. The van der Waals surface area contributed by atoms with Crippen LogP contribution in [0.2, 0.25) is 0 Å². The predicted octanol–water partition coefficient (Wildman–Crippen LogP) is 4.49. The summed E-state index contributed by atoms with van der Waals surface area (Å²) in [5.41, 5.74) is 0.894. The molecule has 1 fully saturated rings. The normalized spacial score (nSPS) is 20.8. The van der Waals surface area contributed by atoms with Gasteiger partial charge in [0.15, 0.2) is 0 Å². The Morgan fingerprint density at radius 1 is 1.13 bits per heavy atom. The Balaban J connectivity index is 1.97. The van der Waals surface area contributed by atoms with Crippen molar-refractivity contribution in [3.05, 3.63) is 69.7 Å². The minimum atomic E-state index is -0.568. The van der Waals surface area contributed by atoms with Gasteiger partial charge in [-0.15, -0.1) is 0 Å². The van der Waals surface area contributed by atoms with Crippen LogP contribution < -0.4 is 0 Å². The zero-order valence-electron chi connectivity index (χ0n) is 12.6. The molecule has 0 bridgehead atoms. The third-order valence-electron chi connectivity index (χ3n) is 4.25. The zero-order chi connectivity index (χ0) is 16.6. The Bertz CT molecular complexity index is 692. The average molecular weight is 383 g/mol. The van der Waals surface area contributed by atoms with E-state index >= 15 is 0 Å². The highest BCUT2D eigenvalue weighted by Gasteiger charge is 2.37. The summed E-state index contributed by atoms with van der Waals surface area (Å²) in [6, 6.07) is 10.9. The lowest BCUT2D eigenvalue weighted by molar-refractivity contribution is -0.132. The van der Waals surface area contributed by atoms with Crippen LogP contribution in [0.5, 0.6) is 0 Å². The molecule has 1 aliphatic heterocycles. The van der Waals surface area contributed by atoms with Gasteiger partial charge in [-0.2, -0.15) is 5.06 Å². The van der Waals surface area contributed by atoms with Crippen molar-refractivity contribution in [2.45, 2.75) is 19.1 Å². The van der Waals surface area contributed by atoms with Crippen molar-refractivity contribution in [3.8, 4) is 0 Å². The standard InChI is InChI=1S/C17H17BrF2N2O/c1-11(16-14(19)6-3-7-15(16)20)21-8-9-22(23)17(21)12-4-2-5-13(18)10-12/h2-7,10-11,17,23H,8-9H2,1H3. The van der Waals surface area contributed by atoms with Gasteiger partial charge in [-0.05, 0) is 36.8 Å². The van der Waals surface area contributed by atoms with Gasteiger partial charge >= 0.3 is 0 Å². The number of hydroxylamine groups is 2. The second kappa shape index (κ2) is 6.65. The molecule has 0 radical (unpaired) electrons. The third kappa shape index (κ3) is 3.17. The van der Waals surface area contributed by atoms with Crippen molar-refractivity contribution >= 4 is 15.9 Å². The van der Waals surface area contributed by atoms with Crippen LogP contribution in [-0.2, 0) is 0 Å². The molecule has 1 heterocycles. The average Bonchev–Trinajstić information content (AvgIpc) is 2.88. The topological polar surface area (TPSA) is 26.7 Å². The Kier molecular flexibility index (Phi) is 4.77. The lowest BCUT2D eigenvalue weighted by atomic mass is 10.0. The van der Waals surface area contributed by atoms with Crippen molar-refractivity contribution in [1.82, 2.24) is 9.96 Å². The van der Waals surface area contributed by atoms with Gasteiger partial charge in [0, 0.05) is 29.2 Å². The molecule has 3 rings (SSSR count). The first-order chi connectivity index (χ1) is 11.0. The van der Waals surface area contributed by atoms with Crippen LogP contribution in [0.15, 0.2) is 46.9 Å². The first-order valence-corrected chi connectivity index (χ1v) is 8.19. The smallest absolute Gasteiger partial charge is 0.130 e. The van der Waals surface area contributed by atoms with E-state index in [9.17, 15) is 14.0 Å². The summed E-state index contributed by atoms with van der Waals surface area (Å²) in [4.78, 5) is 1.89. The van der Waals surface area contributed by atoms with Crippen molar-refractivity contribution in [3.63, 3.8) is 0 Å². The van der Waals surface area contributed by atoms with Gasteiger partial charge in [0.2, 0.25) is 0 Å². The number of hydrogen-bond donors (Lipinski definition) is 1. The van der Waals surface area contributed by atoms with E-state index < -0.39 is 23.8 Å². The molecule has 2 unspecified atom stereocenters. The van der Waals surface area contributed by atoms with Crippen molar-refractivity contribution in [2.75, 3.05) is 13.1 Å². The number of benzene rings is 2. The second-order valence-electron chi connectivity index (χ2n) is 5.64. The van der Waals surface area contributed by atoms with Crippen molar-refractivity contribution in [1.29, 1.82) is 0 Å². The fraction of sp³-hybridized carbons (Fsp3) is 0.294. The highest BCUT2D eigenvalue weighted by atomic mass is 79.9. The molecule has 2 atom stereocenters. The minimum Gasteiger partial charge on any atom is -0.312 e. The van der Waals surface area contributed by atoms with Crippen molar-refractivity contribution in [2.24, 2.45) is 0 Å². The van der Waals surface area contributed by atoms with E-state index in [0.29, 0.717) is 13.1 Å². The summed E-state index contributed by atoms with van der Waals surface area (Å²) in [6.45, 7) is 2.69. The van der Waals surface area contributed by atoms with Crippen LogP contribution in [0.4, 0.5) is 8.78 Å². The van der Waals surface area contributed by atoms with Gasteiger partial charge in [0.25, 0.3) is 0 Å². The fourth-order valence-corrected chi connectivity index (χ4v) is 3.56. The molecule has 1 aliphatic rings. The molecule has 6 heteroatoms. The maximum Gasteiger partial charge on any atom is 0.130 e. The molecule has 2 aromatic rings. The summed E-state index contributed by atoms with van der Waals surface area (Å²) in [5, 5.41) is 11.4. The van der Waals surface area contributed by atoms with Crippen LogP contribution in [0.1, 0.15) is 30.3 Å². The molecule has 1 saturated heterocycles. The first kappa shape index (κ1) is 16.5. The maximum atomic E-state index is 14.1.